The first-order valence-corrected chi connectivity index (χ1v) is 4.46. The number of aromatic nitrogens is 3. The Bertz CT molecular complexity index is 603. The summed E-state index contributed by atoms with van der Waals surface area (Å²) in [4.78, 5) is 17.5. The molecule has 0 spiro atoms. The van der Waals surface area contributed by atoms with Crippen LogP contribution in [0.5, 0.6) is 0 Å². The molecule has 0 fully saturated rings. The van der Waals surface area contributed by atoms with E-state index in [9.17, 15) is 18.0 Å². The number of nitrogens with zero attached hydrogens (tertiary/aromatic N) is 3. The van der Waals surface area contributed by atoms with Gasteiger partial charge in [0.25, 0.3) is 0 Å². The first-order chi connectivity index (χ1) is 7.80. The number of rotatable bonds is 1. The number of carbonyl (C=O) groups is 1. The van der Waals surface area contributed by atoms with E-state index >= 15 is 0 Å². The lowest BCUT2D eigenvalue weighted by Gasteiger charge is -2.08. The topological polar surface area (TPSA) is 67.5 Å². The van der Waals surface area contributed by atoms with Crippen molar-refractivity contribution in [1.29, 1.82) is 0 Å². The van der Waals surface area contributed by atoms with Crippen LogP contribution in [-0.2, 0) is 6.18 Å². The van der Waals surface area contributed by atoms with E-state index in [2.05, 4.69) is 9.97 Å². The number of alkyl halides is 3. The summed E-state index contributed by atoms with van der Waals surface area (Å²) >= 11 is 0. The SMILES string of the molecule is Cc1cc(C(F)(F)F)nc2c(C(=O)O)ncn12. The second-order valence-corrected chi connectivity index (χ2v) is 3.37. The fourth-order valence-corrected chi connectivity index (χ4v) is 1.42. The quantitative estimate of drug-likeness (QED) is 0.831. The Morgan fingerprint density at radius 3 is 2.65 bits per heavy atom. The molecular formula is C9H6F3N3O2. The molecule has 2 aromatic heterocycles. The van der Waals surface area contributed by atoms with E-state index in [-0.39, 0.29) is 11.3 Å². The number of imidazole rings is 1. The normalized spacial score (nSPS) is 12.0. The third kappa shape index (κ3) is 1.81. The largest absolute Gasteiger partial charge is 0.476 e. The number of carboxylic acids is 1. The van der Waals surface area contributed by atoms with Crippen LogP contribution in [0.1, 0.15) is 21.9 Å². The van der Waals surface area contributed by atoms with E-state index in [1.54, 1.807) is 0 Å². The van der Waals surface area contributed by atoms with Crippen molar-refractivity contribution in [2.75, 3.05) is 0 Å². The zero-order valence-electron chi connectivity index (χ0n) is 8.49. The average molecular weight is 245 g/mol. The van der Waals surface area contributed by atoms with Crippen molar-refractivity contribution in [1.82, 2.24) is 14.4 Å². The van der Waals surface area contributed by atoms with E-state index in [1.807, 2.05) is 0 Å². The maximum absolute atomic E-state index is 12.5. The van der Waals surface area contributed by atoms with Crippen molar-refractivity contribution < 1.29 is 23.1 Å². The summed E-state index contributed by atoms with van der Waals surface area (Å²) in [6.45, 7) is 1.41. The van der Waals surface area contributed by atoms with Gasteiger partial charge in [0, 0.05) is 5.69 Å². The van der Waals surface area contributed by atoms with Crippen LogP contribution in [0.25, 0.3) is 5.65 Å². The van der Waals surface area contributed by atoms with Gasteiger partial charge in [-0.1, -0.05) is 0 Å². The minimum atomic E-state index is -4.62. The number of fused-ring (bicyclic) bond motifs is 1. The summed E-state index contributed by atoms with van der Waals surface area (Å²) in [7, 11) is 0. The molecule has 0 aliphatic heterocycles. The predicted octanol–water partition coefficient (Wildman–Crippen LogP) is 1.75. The molecule has 0 saturated heterocycles. The second kappa shape index (κ2) is 3.44. The van der Waals surface area contributed by atoms with Crippen LogP contribution in [-0.4, -0.2) is 25.4 Å². The van der Waals surface area contributed by atoms with Crippen molar-refractivity contribution in [2.45, 2.75) is 13.1 Å². The van der Waals surface area contributed by atoms with Crippen LogP contribution in [0.2, 0.25) is 0 Å². The Labute approximate surface area is 92.5 Å². The number of hydrogen-bond acceptors (Lipinski definition) is 3. The molecule has 0 amide bonds. The summed E-state index contributed by atoms with van der Waals surface area (Å²) in [5, 5.41) is 8.76. The lowest BCUT2D eigenvalue weighted by atomic mass is 10.3. The summed E-state index contributed by atoms with van der Waals surface area (Å²) in [6.07, 6.45) is -3.49. The standard InChI is InChI=1S/C9H6F3N3O2/c1-4-2-5(9(10,11)12)14-7-6(8(16)17)13-3-15(4)7/h2-3H,1H3,(H,16,17). The Kier molecular flexibility index (Phi) is 2.30. The summed E-state index contributed by atoms with van der Waals surface area (Å²) in [5.41, 5.74) is -1.74. The van der Waals surface area contributed by atoms with Crippen molar-refractivity contribution in [3.05, 3.63) is 29.5 Å². The molecule has 8 heteroatoms. The number of carboxylic acid groups (broad SMARTS) is 1. The smallest absolute Gasteiger partial charge is 0.433 e. The van der Waals surface area contributed by atoms with Gasteiger partial charge in [-0.05, 0) is 13.0 Å². The van der Waals surface area contributed by atoms with Crippen molar-refractivity contribution in [2.24, 2.45) is 0 Å². The molecule has 0 unspecified atom stereocenters. The Balaban J connectivity index is 2.78. The maximum Gasteiger partial charge on any atom is 0.433 e. The zero-order valence-corrected chi connectivity index (χ0v) is 8.49. The molecule has 0 aliphatic carbocycles. The highest BCUT2D eigenvalue weighted by atomic mass is 19.4. The van der Waals surface area contributed by atoms with Gasteiger partial charge in [0.1, 0.15) is 12.0 Å². The molecule has 2 rings (SSSR count). The summed E-state index contributed by atoms with van der Waals surface area (Å²) in [5.74, 6) is -1.42. The Hall–Kier alpha value is -2.12. The van der Waals surface area contributed by atoms with Crippen LogP contribution in [0.4, 0.5) is 13.2 Å². The van der Waals surface area contributed by atoms with E-state index < -0.39 is 23.5 Å². The minimum absolute atomic E-state index is 0.210. The van der Waals surface area contributed by atoms with Gasteiger partial charge >= 0.3 is 12.1 Å². The molecular weight excluding hydrogens is 239 g/mol. The van der Waals surface area contributed by atoms with Gasteiger partial charge in [0.2, 0.25) is 0 Å². The molecule has 90 valence electrons. The van der Waals surface area contributed by atoms with Crippen molar-refractivity contribution >= 4 is 11.6 Å². The number of halogens is 3. The first-order valence-electron chi connectivity index (χ1n) is 4.46. The third-order valence-corrected chi connectivity index (χ3v) is 2.19. The fraction of sp³-hybridized carbons (Fsp3) is 0.222. The van der Waals surface area contributed by atoms with Gasteiger partial charge < -0.3 is 5.11 Å². The molecule has 0 bridgehead atoms. The van der Waals surface area contributed by atoms with Crippen molar-refractivity contribution in [3.8, 4) is 0 Å². The molecule has 0 atom stereocenters. The second-order valence-electron chi connectivity index (χ2n) is 3.37. The molecule has 5 nitrogen and oxygen atoms in total. The van der Waals surface area contributed by atoms with Crippen molar-refractivity contribution in [3.63, 3.8) is 0 Å². The predicted molar refractivity (Wildman–Crippen MR) is 49.7 cm³/mol. The van der Waals surface area contributed by atoms with E-state index in [4.69, 9.17) is 5.11 Å². The molecule has 2 aromatic rings. The lowest BCUT2D eigenvalue weighted by molar-refractivity contribution is -0.141. The maximum atomic E-state index is 12.5. The van der Waals surface area contributed by atoms with E-state index in [0.29, 0.717) is 0 Å². The molecule has 0 aromatic carbocycles. The monoisotopic (exact) mass is 245 g/mol. The minimum Gasteiger partial charge on any atom is -0.476 e. The molecule has 1 N–H and O–H groups in total. The molecule has 17 heavy (non-hydrogen) atoms. The van der Waals surface area contributed by atoms with Gasteiger partial charge in [-0.3, -0.25) is 4.40 Å². The van der Waals surface area contributed by atoms with Crippen LogP contribution >= 0.6 is 0 Å². The highest BCUT2D eigenvalue weighted by Gasteiger charge is 2.34. The van der Waals surface area contributed by atoms with Gasteiger partial charge in [-0.2, -0.15) is 13.2 Å². The van der Waals surface area contributed by atoms with Crippen LogP contribution in [0, 0.1) is 6.92 Å². The summed E-state index contributed by atoms with van der Waals surface area (Å²) < 4.78 is 38.7. The number of aromatic carboxylic acids is 1. The van der Waals surface area contributed by atoms with Gasteiger partial charge in [-0.25, -0.2) is 14.8 Å². The Morgan fingerprint density at radius 2 is 2.12 bits per heavy atom. The molecule has 2 heterocycles. The van der Waals surface area contributed by atoms with E-state index in [1.165, 1.54) is 11.3 Å². The van der Waals surface area contributed by atoms with Crippen LogP contribution in [0.3, 0.4) is 0 Å². The molecule has 0 radical (unpaired) electrons. The molecule has 0 saturated carbocycles. The summed E-state index contributed by atoms with van der Waals surface area (Å²) in [6, 6.07) is 0.834. The average Bonchev–Trinajstić information content (AvgIpc) is 2.60. The third-order valence-electron chi connectivity index (χ3n) is 2.19. The zero-order chi connectivity index (χ0) is 12.8. The first kappa shape index (κ1) is 11.4. The molecule has 0 aliphatic rings. The van der Waals surface area contributed by atoms with Gasteiger partial charge in [0.15, 0.2) is 11.3 Å². The van der Waals surface area contributed by atoms with Crippen LogP contribution in [0.15, 0.2) is 12.4 Å². The number of hydrogen-bond donors (Lipinski definition) is 1. The van der Waals surface area contributed by atoms with Crippen LogP contribution < -0.4 is 0 Å². The highest BCUT2D eigenvalue weighted by Crippen LogP contribution is 2.29. The van der Waals surface area contributed by atoms with Gasteiger partial charge in [0.05, 0.1) is 0 Å². The highest BCUT2D eigenvalue weighted by molar-refractivity contribution is 5.92. The lowest BCUT2D eigenvalue weighted by Crippen LogP contribution is -2.11. The fourth-order valence-electron chi connectivity index (χ4n) is 1.42. The van der Waals surface area contributed by atoms with E-state index in [0.717, 1.165) is 12.4 Å². The number of aryl methyl sites for hydroxylation is 1. The van der Waals surface area contributed by atoms with Gasteiger partial charge in [-0.15, -0.1) is 0 Å². The Morgan fingerprint density at radius 1 is 1.47 bits per heavy atom.